The highest BCUT2D eigenvalue weighted by molar-refractivity contribution is 9.10. The van der Waals surface area contributed by atoms with Crippen molar-refractivity contribution in [2.24, 2.45) is 0 Å². The van der Waals surface area contributed by atoms with Crippen LogP contribution in [0.5, 0.6) is 11.5 Å². The summed E-state index contributed by atoms with van der Waals surface area (Å²) in [6, 6.07) is 2.10. The van der Waals surface area contributed by atoms with E-state index in [0.29, 0.717) is 10.2 Å². The molecule has 0 aliphatic heterocycles. The zero-order chi connectivity index (χ0) is 16.0. The smallest absolute Gasteiger partial charge is 0.242 e. The van der Waals surface area contributed by atoms with E-state index in [4.69, 9.17) is 19.3 Å². The lowest BCUT2D eigenvalue weighted by molar-refractivity contribution is 0.139. The Balaban J connectivity index is 3.19. The van der Waals surface area contributed by atoms with Crippen molar-refractivity contribution in [3.63, 3.8) is 0 Å². The van der Waals surface area contributed by atoms with Gasteiger partial charge < -0.3 is 19.3 Å². The number of rotatable bonds is 8. The lowest BCUT2D eigenvalue weighted by Crippen LogP contribution is -2.40. The molecule has 1 aromatic rings. The van der Waals surface area contributed by atoms with Crippen LogP contribution < -0.4 is 14.2 Å². The van der Waals surface area contributed by atoms with E-state index in [-0.39, 0.29) is 23.9 Å². The Labute approximate surface area is 132 Å². The van der Waals surface area contributed by atoms with E-state index in [1.54, 1.807) is 0 Å². The van der Waals surface area contributed by atoms with Gasteiger partial charge in [-0.05, 0) is 22.0 Å². The fourth-order valence-corrected chi connectivity index (χ4v) is 3.90. The quantitative estimate of drug-likeness (QED) is 0.687. The van der Waals surface area contributed by atoms with Gasteiger partial charge in [0.25, 0.3) is 0 Å². The van der Waals surface area contributed by atoms with Crippen LogP contribution in [0.1, 0.15) is 0 Å². The van der Waals surface area contributed by atoms with Crippen molar-refractivity contribution in [1.29, 1.82) is 0 Å². The molecule has 0 saturated heterocycles. The van der Waals surface area contributed by atoms with Gasteiger partial charge in [0, 0.05) is 17.6 Å². The highest BCUT2D eigenvalue weighted by Crippen LogP contribution is 2.35. The summed E-state index contributed by atoms with van der Waals surface area (Å²) in [6.07, 6.45) is 0. The van der Waals surface area contributed by atoms with Crippen LogP contribution in [0.4, 0.5) is 0 Å². The van der Waals surface area contributed by atoms with Crippen LogP contribution in [0.25, 0.3) is 0 Å². The van der Waals surface area contributed by atoms with Crippen LogP contribution in [0, 0.1) is 0 Å². The maximum atomic E-state index is 12.4. The predicted octanol–water partition coefficient (Wildman–Crippen LogP) is 0.752. The SMILES string of the molecule is COCC(CO)NS(=O)(=O)c1cc(OC)c(OC)cc1Br. The van der Waals surface area contributed by atoms with Crippen LogP contribution in [0.2, 0.25) is 0 Å². The molecule has 9 heteroatoms. The van der Waals surface area contributed by atoms with E-state index in [1.807, 2.05) is 0 Å². The van der Waals surface area contributed by atoms with Crippen molar-refractivity contribution < 1.29 is 27.7 Å². The molecular weight excluding hydrogens is 366 g/mol. The number of hydrogen-bond acceptors (Lipinski definition) is 6. The molecule has 0 aromatic heterocycles. The maximum absolute atomic E-state index is 12.4. The lowest BCUT2D eigenvalue weighted by Gasteiger charge is -2.17. The Morgan fingerprint density at radius 2 is 1.81 bits per heavy atom. The van der Waals surface area contributed by atoms with Gasteiger partial charge >= 0.3 is 0 Å². The molecule has 1 unspecified atom stereocenters. The van der Waals surface area contributed by atoms with Gasteiger partial charge in [-0.2, -0.15) is 0 Å². The van der Waals surface area contributed by atoms with Crippen molar-refractivity contribution in [3.05, 3.63) is 16.6 Å². The number of hydrogen-bond donors (Lipinski definition) is 2. The Morgan fingerprint density at radius 3 is 2.29 bits per heavy atom. The minimum atomic E-state index is -3.85. The Bertz CT molecular complexity index is 577. The maximum Gasteiger partial charge on any atom is 0.242 e. The molecule has 120 valence electrons. The van der Waals surface area contributed by atoms with E-state index >= 15 is 0 Å². The summed E-state index contributed by atoms with van der Waals surface area (Å²) in [5.41, 5.74) is 0. The van der Waals surface area contributed by atoms with Gasteiger partial charge in [-0.1, -0.05) is 0 Å². The van der Waals surface area contributed by atoms with Crippen molar-refractivity contribution in [1.82, 2.24) is 4.72 Å². The number of ether oxygens (including phenoxy) is 3. The summed E-state index contributed by atoms with van der Waals surface area (Å²) in [6.45, 7) is -0.321. The average Bonchev–Trinajstić information content (AvgIpc) is 2.45. The third kappa shape index (κ3) is 4.55. The van der Waals surface area contributed by atoms with Gasteiger partial charge in [0.05, 0.1) is 33.5 Å². The molecule has 0 aliphatic rings. The summed E-state index contributed by atoms with van der Waals surface area (Å²) >= 11 is 3.19. The van der Waals surface area contributed by atoms with Crippen LogP contribution in [0.15, 0.2) is 21.5 Å². The first-order chi connectivity index (χ1) is 9.89. The number of methoxy groups -OCH3 is 3. The minimum Gasteiger partial charge on any atom is -0.493 e. The number of nitrogens with one attached hydrogen (secondary N) is 1. The Kier molecular flexibility index (Phi) is 6.88. The van der Waals surface area contributed by atoms with Gasteiger partial charge in [-0.25, -0.2) is 13.1 Å². The summed E-state index contributed by atoms with van der Waals surface area (Å²) in [5, 5.41) is 9.16. The summed E-state index contributed by atoms with van der Waals surface area (Å²) in [4.78, 5) is -0.0188. The fraction of sp³-hybridized carbons (Fsp3) is 0.500. The first-order valence-electron chi connectivity index (χ1n) is 5.93. The predicted molar refractivity (Wildman–Crippen MR) is 80.3 cm³/mol. The second-order valence-electron chi connectivity index (χ2n) is 4.09. The first kappa shape index (κ1) is 18.2. The molecule has 0 radical (unpaired) electrons. The van der Waals surface area contributed by atoms with E-state index in [0.717, 1.165) is 0 Å². The van der Waals surface area contributed by atoms with Crippen LogP contribution in [-0.2, 0) is 14.8 Å². The number of halogens is 1. The number of sulfonamides is 1. The molecule has 1 atom stereocenters. The molecule has 0 saturated carbocycles. The van der Waals surface area contributed by atoms with Crippen molar-refractivity contribution in [3.8, 4) is 11.5 Å². The van der Waals surface area contributed by atoms with E-state index < -0.39 is 16.1 Å². The molecule has 0 bridgehead atoms. The molecule has 2 N–H and O–H groups in total. The fourth-order valence-electron chi connectivity index (χ4n) is 1.65. The normalized spacial score (nSPS) is 13.0. The molecule has 21 heavy (non-hydrogen) atoms. The zero-order valence-electron chi connectivity index (χ0n) is 11.9. The van der Waals surface area contributed by atoms with Crippen LogP contribution in [-0.4, -0.2) is 54.1 Å². The van der Waals surface area contributed by atoms with Crippen LogP contribution in [0.3, 0.4) is 0 Å². The summed E-state index contributed by atoms with van der Waals surface area (Å²) in [7, 11) is 0.435. The zero-order valence-corrected chi connectivity index (χ0v) is 14.3. The molecule has 0 spiro atoms. The number of aliphatic hydroxyl groups excluding tert-OH is 1. The molecule has 1 aromatic carbocycles. The summed E-state index contributed by atoms with van der Waals surface area (Å²) in [5.74, 6) is 0.687. The second kappa shape index (κ2) is 7.95. The molecule has 0 aliphatic carbocycles. The second-order valence-corrected chi connectivity index (χ2v) is 6.63. The largest absolute Gasteiger partial charge is 0.493 e. The van der Waals surface area contributed by atoms with E-state index in [1.165, 1.54) is 33.5 Å². The van der Waals surface area contributed by atoms with Crippen LogP contribution >= 0.6 is 15.9 Å². The van der Waals surface area contributed by atoms with Crippen molar-refractivity contribution >= 4 is 26.0 Å². The van der Waals surface area contributed by atoms with Gasteiger partial charge in [-0.15, -0.1) is 0 Å². The number of aliphatic hydroxyl groups is 1. The molecule has 0 fully saturated rings. The highest BCUT2D eigenvalue weighted by atomic mass is 79.9. The Morgan fingerprint density at radius 1 is 1.24 bits per heavy atom. The monoisotopic (exact) mass is 383 g/mol. The van der Waals surface area contributed by atoms with E-state index in [9.17, 15) is 8.42 Å². The molecule has 7 nitrogen and oxygen atoms in total. The number of benzene rings is 1. The molecule has 0 heterocycles. The van der Waals surface area contributed by atoms with Gasteiger partial charge in [0.15, 0.2) is 11.5 Å². The van der Waals surface area contributed by atoms with E-state index in [2.05, 4.69) is 20.7 Å². The average molecular weight is 384 g/mol. The molecular formula is C12H18BrNO6S. The summed E-state index contributed by atoms with van der Waals surface area (Å²) < 4.78 is 42.4. The first-order valence-corrected chi connectivity index (χ1v) is 8.20. The minimum absolute atomic E-state index is 0.0188. The third-order valence-corrected chi connectivity index (χ3v) is 5.12. The molecule has 0 amide bonds. The van der Waals surface area contributed by atoms with Gasteiger partial charge in [-0.3, -0.25) is 0 Å². The van der Waals surface area contributed by atoms with Gasteiger partial charge in [0.1, 0.15) is 4.90 Å². The topological polar surface area (TPSA) is 94.1 Å². The highest BCUT2D eigenvalue weighted by Gasteiger charge is 2.24. The van der Waals surface area contributed by atoms with Crippen molar-refractivity contribution in [2.75, 3.05) is 34.5 Å². The molecule has 1 rings (SSSR count). The standard InChI is InChI=1S/C12H18BrNO6S/c1-18-7-8(6-15)14-21(16,17)12-5-11(20-3)10(19-2)4-9(12)13/h4-5,8,14-15H,6-7H2,1-3H3. The van der Waals surface area contributed by atoms with Gasteiger partial charge in [0.2, 0.25) is 10.0 Å². The van der Waals surface area contributed by atoms with Crippen molar-refractivity contribution in [2.45, 2.75) is 10.9 Å². The Hall–Kier alpha value is -0.870. The third-order valence-electron chi connectivity index (χ3n) is 2.64. The lowest BCUT2D eigenvalue weighted by atomic mass is 10.3.